The molecular weight excluding hydrogens is 354 g/mol. The zero-order chi connectivity index (χ0) is 20.1. The van der Waals surface area contributed by atoms with Gasteiger partial charge in [0.25, 0.3) is 0 Å². The lowest BCUT2D eigenvalue weighted by atomic mass is 10.2. The summed E-state index contributed by atoms with van der Waals surface area (Å²) in [5, 5.41) is 7.41. The summed E-state index contributed by atoms with van der Waals surface area (Å²) in [4.78, 5) is 12.4. The molecule has 0 aliphatic carbocycles. The number of nitrogens with one attached hydrogen (secondary N) is 1. The number of amides is 1. The van der Waals surface area contributed by atoms with Crippen molar-refractivity contribution >= 4 is 17.7 Å². The number of anilines is 1. The van der Waals surface area contributed by atoms with Crippen LogP contribution in [0, 0.1) is 13.8 Å². The van der Waals surface area contributed by atoms with Crippen molar-refractivity contribution in [2.24, 2.45) is 0 Å². The number of aryl methyl sites for hydroxylation is 1. The molecule has 0 radical (unpaired) electrons. The molecule has 3 rings (SSSR count). The van der Waals surface area contributed by atoms with Gasteiger partial charge in [-0.25, -0.2) is 4.68 Å². The van der Waals surface area contributed by atoms with Gasteiger partial charge < -0.3 is 14.8 Å². The molecule has 0 fully saturated rings. The van der Waals surface area contributed by atoms with Crippen LogP contribution in [0.5, 0.6) is 11.5 Å². The van der Waals surface area contributed by atoms with Crippen molar-refractivity contribution in [1.29, 1.82) is 0 Å². The summed E-state index contributed by atoms with van der Waals surface area (Å²) >= 11 is 0. The lowest BCUT2D eigenvalue weighted by Crippen LogP contribution is -2.08. The second-order valence-corrected chi connectivity index (χ2v) is 6.26. The first kappa shape index (κ1) is 19.2. The Morgan fingerprint density at radius 3 is 2.29 bits per heavy atom. The average Bonchev–Trinajstić information content (AvgIpc) is 3.00. The number of hydrogen-bond acceptors (Lipinski definition) is 4. The molecule has 0 saturated heterocycles. The van der Waals surface area contributed by atoms with Gasteiger partial charge in [0.05, 0.1) is 25.6 Å². The zero-order valence-electron chi connectivity index (χ0n) is 16.4. The van der Waals surface area contributed by atoms with E-state index in [1.165, 1.54) is 6.08 Å². The molecular formula is C22H23N3O3. The number of methoxy groups -OCH3 is 2. The molecule has 0 aliphatic heterocycles. The molecule has 0 bridgehead atoms. The second-order valence-electron chi connectivity index (χ2n) is 6.26. The van der Waals surface area contributed by atoms with Gasteiger partial charge >= 0.3 is 0 Å². The van der Waals surface area contributed by atoms with Crippen LogP contribution in [0.4, 0.5) is 5.69 Å². The number of aromatic nitrogens is 2. The molecule has 1 aromatic heterocycles. The van der Waals surface area contributed by atoms with Gasteiger partial charge in [-0.05, 0) is 32.1 Å². The molecule has 1 N–H and O–H groups in total. The van der Waals surface area contributed by atoms with Crippen molar-refractivity contribution in [2.45, 2.75) is 13.8 Å². The molecule has 3 aromatic rings. The van der Waals surface area contributed by atoms with Crippen molar-refractivity contribution in [3.8, 4) is 17.2 Å². The first-order chi connectivity index (χ1) is 13.5. The summed E-state index contributed by atoms with van der Waals surface area (Å²) in [6.45, 7) is 3.91. The summed E-state index contributed by atoms with van der Waals surface area (Å²) in [5.74, 6) is 0.963. The van der Waals surface area contributed by atoms with E-state index in [-0.39, 0.29) is 5.91 Å². The highest BCUT2D eigenvalue weighted by atomic mass is 16.5. The van der Waals surface area contributed by atoms with Crippen LogP contribution in [-0.2, 0) is 4.79 Å². The lowest BCUT2D eigenvalue weighted by Gasteiger charge is -2.08. The number of carbonyl (C=O) groups excluding carboxylic acids is 1. The van der Waals surface area contributed by atoms with Crippen molar-refractivity contribution in [1.82, 2.24) is 9.78 Å². The molecule has 28 heavy (non-hydrogen) atoms. The maximum atomic E-state index is 12.4. The maximum Gasteiger partial charge on any atom is 0.248 e. The van der Waals surface area contributed by atoms with Crippen LogP contribution in [0.3, 0.4) is 0 Å². The third-order valence-electron chi connectivity index (χ3n) is 4.37. The van der Waals surface area contributed by atoms with Gasteiger partial charge in [0.2, 0.25) is 5.91 Å². The van der Waals surface area contributed by atoms with Crippen LogP contribution in [-0.4, -0.2) is 29.9 Å². The summed E-state index contributed by atoms with van der Waals surface area (Å²) in [5.41, 5.74) is 4.32. The highest BCUT2D eigenvalue weighted by Crippen LogP contribution is 2.26. The highest BCUT2D eigenvalue weighted by molar-refractivity contribution is 6.02. The van der Waals surface area contributed by atoms with Gasteiger partial charge in [-0.3, -0.25) is 4.79 Å². The van der Waals surface area contributed by atoms with Crippen LogP contribution < -0.4 is 14.8 Å². The Kier molecular flexibility index (Phi) is 5.79. The molecule has 2 aromatic carbocycles. The quantitative estimate of drug-likeness (QED) is 0.655. The third-order valence-corrected chi connectivity index (χ3v) is 4.37. The van der Waals surface area contributed by atoms with Crippen LogP contribution in [0.25, 0.3) is 11.8 Å². The van der Waals surface area contributed by atoms with Crippen molar-refractivity contribution < 1.29 is 14.3 Å². The molecule has 1 amide bonds. The van der Waals surface area contributed by atoms with E-state index in [1.807, 2.05) is 48.9 Å². The minimum absolute atomic E-state index is 0.249. The van der Waals surface area contributed by atoms with Gasteiger partial charge in [-0.2, -0.15) is 5.10 Å². The van der Waals surface area contributed by atoms with E-state index in [1.54, 1.807) is 38.5 Å². The first-order valence-corrected chi connectivity index (χ1v) is 8.85. The summed E-state index contributed by atoms with van der Waals surface area (Å²) in [6.07, 6.45) is 3.28. The zero-order valence-corrected chi connectivity index (χ0v) is 16.4. The van der Waals surface area contributed by atoms with Crippen molar-refractivity contribution in [2.75, 3.05) is 19.5 Å². The number of nitrogens with zero attached hydrogens (tertiary/aromatic N) is 2. The Bertz CT molecular complexity index is 985. The number of hydrogen-bond donors (Lipinski definition) is 1. The fraction of sp³-hybridized carbons (Fsp3) is 0.182. The minimum atomic E-state index is -0.249. The van der Waals surface area contributed by atoms with Crippen LogP contribution in [0.1, 0.15) is 17.0 Å². The van der Waals surface area contributed by atoms with Crippen LogP contribution in [0.2, 0.25) is 0 Å². The molecule has 0 spiro atoms. The second kappa shape index (κ2) is 8.43. The summed E-state index contributed by atoms with van der Waals surface area (Å²) < 4.78 is 12.3. The fourth-order valence-corrected chi connectivity index (χ4v) is 2.94. The predicted octanol–water partition coefficient (Wildman–Crippen LogP) is 4.16. The summed E-state index contributed by atoms with van der Waals surface area (Å²) in [7, 11) is 3.13. The van der Waals surface area contributed by atoms with Gasteiger partial charge in [0.1, 0.15) is 11.5 Å². The highest BCUT2D eigenvalue weighted by Gasteiger charge is 2.11. The number of benzene rings is 2. The molecule has 0 atom stereocenters. The molecule has 0 unspecified atom stereocenters. The number of ether oxygens (including phenoxy) is 2. The smallest absolute Gasteiger partial charge is 0.248 e. The largest absolute Gasteiger partial charge is 0.497 e. The van der Waals surface area contributed by atoms with Gasteiger partial charge in [-0.15, -0.1) is 0 Å². The van der Waals surface area contributed by atoms with E-state index in [9.17, 15) is 4.79 Å². The van der Waals surface area contributed by atoms with Gasteiger partial charge in [-0.1, -0.05) is 18.2 Å². The SMILES string of the molecule is COc1cc(NC(=O)/C=C/c2c(C)nn(-c3ccccc3)c2C)cc(OC)c1. The van der Waals surface area contributed by atoms with Crippen LogP contribution >= 0.6 is 0 Å². The van der Waals surface area contributed by atoms with Crippen molar-refractivity contribution in [3.63, 3.8) is 0 Å². The van der Waals surface area contributed by atoms with Gasteiger partial charge in [0, 0.05) is 41.2 Å². The Labute approximate surface area is 164 Å². The Balaban J connectivity index is 1.79. The molecule has 6 nitrogen and oxygen atoms in total. The first-order valence-electron chi connectivity index (χ1n) is 8.85. The summed E-state index contributed by atoms with van der Waals surface area (Å²) in [6, 6.07) is 15.1. The normalized spacial score (nSPS) is 10.9. The maximum absolute atomic E-state index is 12.4. The lowest BCUT2D eigenvalue weighted by molar-refractivity contribution is -0.111. The van der Waals surface area contributed by atoms with E-state index in [0.717, 1.165) is 22.6 Å². The number of rotatable bonds is 6. The van der Waals surface area contributed by atoms with Crippen LogP contribution in [0.15, 0.2) is 54.6 Å². The molecule has 1 heterocycles. The standard InChI is InChI=1S/C22H23N3O3/c1-15-21(16(2)25(24-15)18-8-6-5-7-9-18)10-11-22(26)23-17-12-19(27-3)14-20(13-17)28-4/h5-14H,1-4H3,(H,23,26)/b11-10+. The molecule has 144 valence electrons. The van der Waals surface area contributed by atoms with E-state index in [4.69, 9.17) is 9.47 Å². The van der Waals surface area contributed by atoms with E-state index in [0.29, 0.717) is 17.2 Å². The molecule has 0 aliphatic rings. The van der Waals surface area contributed by atoms with E-state index < -0.39 is 0 Å². The monoisotopic (exact) mass is 377 g/mol. The van der Waals surface area contributed by atoms with E-state index >= 15 is 0 Å². The third kappa shape index (κ3) is 4.23. The Morgan fingerprint density at radius 1 is 1.04 bits per heavy atom. The van der Waals surface area contributed by atoms with Gasteiger partial charge in [0.15, 0.2) is 0 Å². The molecule has 6 heteroatoms. The topological polar surface area (TPSA) is 65.4 Å². The predicted molar refractivity (Wildman–Crippen MR) is 110 cm³/mol. The minimum Gasteiger partial charge on any atom is -0.497 e. The fourth-order valence-electron chi connectivity index (χ4n) is 2.94. The average molecular weight is 377 g/mol. The Morgan fingerprint density at radius 2 is 1.68 bits per heavy atom. The number of para-hydroxylation sites is 1. The molecule has 0 saturated carbocycles. The van der Waals surface area contributed by atoms with Crippen molar-refractivity contribution in [3.05, 3.63) is 71.6 Å². The van der Waals surface area contributed by atoms with E-state index in [2.05, 4.69) is 10.4 Å². The Hall–Kier alpha value is -3.54. The number of carbonyl (C=O) groups is 1.